The van der Waals surface area contributed by atoms with Gasteiger partial charge >= 0.3 is 0 Å². The molecule has 0 aliphatic heterocycles. The maximum absolute atomic E-state index is 11.7. The second-order valence-corrected chi connectivity index (χ2v) is 3.26. The van der Waals surface area contributed by atoms with E-state index < -0.39 is 18.9 Å². The Kier molecular flexibility index (Phi) is 3.94. The van der Waals surface area contributed by atoms with Crippen LogP contribution in [0.3, 0.4) is 0 Å². The van der Waals surface area contributed by atoms with Gasteiger partial charge in [0.1, 0.15) is 10.3 Å². The van der Waals surface area contributed by atoms with E-state index in [9.17, 15) is 13.6 Å². The number of carbonyl (C=O) groups excluding carboxylic acids is 1. The number of pyridine rings is 1. The SMILES string of the molecule is O=C(NCC(F)F)c1cccc(Br)n1. The smallest absolute Gasteiger partial charge is 0.270 e. The van der Waals surface area contributed by atoms with E-state index in [2.05, 4.69) is 26.2 Å². The number of rotatable bonds is 3. The lowest BCUT2D eigenvalue weighted by Gasteiger charge is -2.03. The fourth-order valence-electron chi connectivity index (χ4n) is 0.795. The van der Waals surface area contributed by atoms with E-state index in [-0.39, 0.29) is 5.69 Å². The van der Waals surface area contributed by atoms with E-state index >= 15 is 0 Å². The lowest BCUT2D eigenvalue weighted by molar-refractivity contribution is 0.0887. The van der Waals surface area contributed by atoms with Crippen molar-refractivity contribution in [3.8, 4) is 0 Å². The van der Waals surface area contributed by atoms with Crippen LogP contribution < -0.4 is 5.32 Å². The summed E-state index contributed by atoms with van der Waals surface area (Å²) in [5.41, 5.74) is 0.111. The monoisotopic (exact) mass is 264 g/mol. The molecule has 1 rings (SSSR count). The molecule has 0 spiro atoms. The molecule has 1 amide bonds. The standard InChI is InChI=1S/C8H7BrF2N2O/c9-6-3-1-2-5(13-6)8(14)12-4-7(10)11/h1-3,7H,4H2,(H,12,14). The molecule has 0 aliphatic carbocycles. The van der Waals surface area contributed by atoms with Crippen LogP contribution in [0.1, 0.15) is 10.5 Å². The lowest BCUT2D eigenvalue weighted by atomic mass is 10.3. The molecule has 14 heavy (non-hydrogen) atoms. The molecule has 0 radical (unpaired) electrons. The van der Waals surface area contributed by atoms with Crippen molar-refractivity contribution < 1.29 is 13.6 Å². The fourth-order valence-corrected chi connectivity index (χ4v) is 1.14. The average molecular weight is 265 g/mol. The van der Waals surface area contributed by atoms with Gasteiger partial charge in [-0.25, -0.2) is 13.8 Å². The number of amides is 1. The Balaban J connectivity index is 2.61. The molecule has 3 nitrogen and oxygen atoms in total. The van der Waals surface area contributed by atoms with Crippen LogP contribution in [0.25, 0.3) is 0 Å². The summed E-state index contributed by atoms with van der Waals surface area (Å²) >= 11 is 3.07. The Hall–Kier alpha value is -1.04. The molecular weight excluding hydrogens is 258 g/mol. The summed E-state index contributed by atoms with van der Waals surface area (Å²) in [5, 5.41) is 2.05. The number of hydrogen-bond donors (Lipinski definition) is 1. The van der Waals surface area contributed by atoms with Gasteiger partial charge in [-0.2, -0.15) is 0 Å². The van der Waals surface area contributed by atoms with E-state index in [4.69, 9.17) is 0 Å². The summed E-state index contributed by atoms with van der Waals surface area (Å²) in [4.78, 5) is 15.0. The Bertz CT molecular complexity index is 333. The molecule has 0 bridgehead atoms. The van der Waals surface area contributed by atoms with Crippen molar-refractivity contribution in [1.82, 2.24) is 10.3 Å². The van der Waals surface area contributed by atoms with Crippen molar-refractivity contribution in [2.24, 2.45) is 0 Å². The summed E-state index contributed by atoms with van der Waals surface area (Å²) in [6.07, 6.45) is -2.55. The van der Waals surface area contributed by atoms with Crippen LogP contribution in [0.2, 0.25) is 0 Å². The number of nitrogens with zero attached hydrogens (tertiary/aromatic N) is 1. The van der Waals surface area contributed by atoms with Gasteiger partial charge in [-0.05, 0) is 28.1 Å². The molecule has 1 aromatic rings. The molecule has 6 heteroatoms. The minimum Gasteiger partial charge on any atom is -0.345 e. The summed E-state index contributed by atoms with van der Waals surface area (Å²) in [6, 6.07) is 4.70. The first kappa shape index (κ1) is 11.0. The van der Waals surface area contributed by atoms with E-state index in [0.29, 0.717) is 4.60 Å². The first-order valence-corrected chi connectivity index (χ1v) is 4.58. The van der Waals surface area contributed by atoms with Crippen LogP contribution in [0.5, 0.6) is 0 Å². The van der Waals surface area contributed by atoms with Crippen molar-refractivity contribution in [1.29, 1.82) is 0 Å². The first-order chi connectivity index (χ1) is 6.59. The highest BCUT2D eigenvalue weighted by Crippen LogP contribution is 2.06. The average Bonchev–Trinajstić information content (AvgIpc) is 2.14. The van der Waals surface area contributed by atoms with Crippen LogP contribution in [0, 0.1) is 0 Å². The zero-order valence-corrected chi connectivity index (χ0v) is 8.59. The fraction of sp³-hybridized carbons (Fsp3) is 0.250. The van der Waals surface area contributed by atoms with Gasteiger partial charge in [-0.3, -0.25) is 4.79 Å². The van der Waals surface area contributed by atoms with Crippen molar-refractivity contribution in [2.75, 3.05) is 6.54 Å². The first-order valence-electron chi connectivity index (χ1n) is 3.78. The Morgan fingerprint density at radius 2 is 2.29 bits per heavy atom. The van der Waals surface area contributed by atoms with Gasteiger partial charge in [0, 0.05) is 0 Å². The molecule has 1 N–H and O–H groups in total. The molecule has 1 aromatic heterocycles. The number of alkyl halides is 2. The third-order valence-corrected chi connectivity index (χ3v) is 1.81. The van der Waals surface area contributed by atoms with Gasteiger partial charge in [-0.1, -0.05) is 6.07 Å². The zero-order valence-electron chi connectivity index (χ0n) is 7.01. The Morgan fingerprint density at radius 3 is 2.86 bits per heavy atom. The third-order valence-electron chi connectivity index (χ3n) is 1.36. The molecule has 0 saturated heterocycles. The van der Waals surface area contributed by atoms with E-state index in [1.807, 2.05) is 0 Å². The Labute approximate surface area is 87.7 Å². The van der Waals surface area contributed by atoms with Gasteiger partial charge in [0.05, 0.1) is 6.54 Å². The minimum atomic E-state index is -2.55. The number of halogens is 3. The van der Waals surface area contributed by atoms with Crippen LogP contribution in [-0.2, 0) is 0 Å². The van der Waals surface area contributed by atoms with Crippen LogP contribution in [-0.4, -0.2) is 23.9 Å². The van der Waals surface area contributed by atoms with Crippen molar-refractivity contribution >= 4 is 21.8 Å². The van der Waals surface area contributed by atoms with Crippen LogP contribution in [0.15, 0.2) is 22.8 Å². The Morgan fingerprint density at radius 1 is 1.57 bits per heavy atom. The predicted octanol–water partition coefficient (Wildman–Crippen LogP) is 1.84. The van der Waals surface area contributed by atoms with Crippen LogP contribution >= 0.6 is 15.9 Å². The molecule has 76 valence electrons. The largest absolute Gasteiger partial charge is 0.345 e. The lowest BCUT2D eigenvalue weighted by Crippen LogP contribution is -2.29. The van der Waals surface area contributed by atoms with E-state index in [0.717, 1.165) is 0 Å². The summed E-state index contributed by atoms with van der Waals surface area (Å²) in [5.74, 6) is -0.605. The second kappa shape index (κ2) is 4.99. The molecule has 0 aliphatic rings. The van der Waals surface area contributed by atoms with Crippen molar-refractivity contribution in [3.05, 3.63) is 28.5 Å². The van der Waals surface area contributed by atoms with Gasteiger partial charge < -0.3 is 5.32 Å². The normalized spacial score (nSPS) is 10.3. The topological polar surface area (TPSA) is 42.0 Å². The highest BCUT2D eigenvalue weighted by Gasteiger charge is 2.09. The van der Waals surface area contributed by atoms with Gasteiger partial charge in [0.2, 0.25) is 0 Å². The van der Waals surface area contributed by atoms with Gasteiger partial charge in [0.25, 0.3) is 12.3 Å². The number of hydrogen-bond acceptors (Lipinski definition) is 2. The zero-order chi connectivity index (χ0) is 10.6. The van der Waals surface area contributed by atoms with E-state index in [1.165, 1.54) is 6.07 Å². The molecule has 0 atom stereocenters. The van der Waals surface area contributed by atoms with Crippen molar-refractivity contribution in [3.63, 3.8) is 0 Å². The quantitative estimate of drug-likeness (QED) is 0.847. The molecular formula is C8H7BrF2N2O. The summed E-state index contributed by atoms with van der Waals surface area (Å²) in [6.45, 7) is -0.660. The summed E-state index contributed by atoms with van der Waals surface area (Å²) in [7, 11) is 0. The van der Waals surface area contributed by atoms with Gasteiger partial charge in [0.15, 0.2) is 0 Å². The predicted molar refractivity (Wildman–Crippen MR) is 50.3 cm³/mol. The highest BCUT2D eigenvalue weighted by molar-refractivity contribution is 9.10. The summed E-state index contributed by atoms with van der Waals surface area (Å²) < 4.78 is 24.0. The molecule has 0 fully saturated rings. The minimum absolute atomic E-state index is 0.111. The van der Waals surface area contributed by atoms with Gasteiger partial charge in [-0.15, -0.1) is 0 Å². The number of nitrogens with one attached hydrogen (secondary N) is 1. The molecule has 0 saturated carbocycles. The number of aromatic nitrogens is 1. The number of carbonyl (C=O) groups is 1. The second-order valence-electron chi connectivity index (χ2n) is 2.45. The molecule has 0 aromatic carbocycles. The molecule has 1 heterocycles. The van der Waals surface area contributed by atoms with Crippen LogP contribution in [0.4, 0.5) is 8.78 Å². The van der Waals surface area contributed by atoms with E-state index in [1.54, 1.807) is 12.1 Å². The maximum atomic E-state index is 11.7. The third kappa shape index (κ3) is 3.37. The maximum Gasteiger partial charge on any atom is 0.270 e. The molecule has 0 unspecified atom stereocenters. The highest BCUT2D eigenvalue weighted by atomic mass is 79.9. The van der Waals surface area contributed by atoms with Crippen molar-refractivity contribution in [2.45, 2.75) is 6.43 Å².